The summed E-state index contributed by atoms with van der Waals surface area (Å²) in [6.07, 6.45) is 0. The molecule has 1 unspecified atom stereocenters. The molecule has 1 N–H and O–H groups in total. The summed E-state index contributed by atoms with van der Waals surface area (Å²) in [5.74, 6) is -0.0565. The molecule has 116 valence electrons. The van der Waals surface area contributed by atoms with Crippen LogP contribution in [0, 0.1) is 0 Å². The fourth-order valence-corrected chi connectivity index (χ4v) is 2.94. The molecule has 4 nitrogen and oxygen atoms in total. The van der Waals surface area contributed by atoms with Crippen molar-refractivity contribution in [2.24, 2.45) is 0 Å². The molecule has 1 aliphatic heterocycles. The van der Waals surface area contributed by atoms with Crippen LogP contribution in [-0.2, 0) is 4.79 Å². The van der Waals surface area contributed by atoms with Crippen LogP contribution in [-0.4, -0.2) is 55.0 Å². The largest absolute Gasteiger partial charge is 0.326 e. The van der Waals surface area contributed by atoms with E-state index in [1.807, 2.05) is 24.3 Å². The van der Waals surface area contributed by atoms with Gasteiger partial charge in [-0.05, 0) is 24.2 Å². The Hall–Kier alpha value is -1.10. The van der Waals surface area contributed by atoms with Gasteiger partial charge in [0.2, 0.25) is 5.91 Å². The van der Waals surface area contributed by atoms with E-state index in [1.54, 1.807) is 0 Å². The van der Waals surface area contributed by atoms with Crippen LogP contribution < -0.4 is 5.32 Å². The Labute approximate surface area is 132 Å². The van der Waals surface area contributed by atoms with Crippen molar-refractivity contribution < 1.29 is 4.79 Å². The smallest absolute Gasteiger partial charge is 0.221 e. The maximum atomic E-state index is 11.0. The molecule has 1 saturated heterocycles. The second-order valence-corrected chi connectivity index (χ2v) is 6.03. The molecule has 0 spiro atoms. The number of nitrogens with one attached hydrogen (secondary N) is 1. The highest BCUT2D eigenvalue weighted by molar-refractivity contribution is 6.21. The summed E-state index contributed by atoms with van der Waals surface area (Å²) >= 11 is 6.53. The van der Waals surface area contributed by atoms with E-state index >= 15 is 0 Å². The highest BCUT2D eigenvalue weighted by Crippen LogP contribution is 2.23. The van der Waals surface area contributed by atoms with Gasteiger partial charge < -0.3 is 10.2 Å². The van der Waals surface area contributed by atoms with Gasteiger partial charge in [-0.1, -0.05) is 19.1 Å². The summed E-state index contributed by atoms with van der Waals surface area (Å²) in [6, 6.07) is 7.79. The number of amides is 1. The number of anilines is 1. The lowest BCUT2D eigenvalue weighted by atomic mass is 10.1. The molecule has 2 rings (SSSR count). The van der Waals surface area contributed by atoms with Gasteiger partial charge >= 0.3 is 0 Å². The number of halogens is 1. The molecule has 5 heteroatoms. The number of hydrogen-bond donors (Lipinski definition) is 1. The van der Waals surface area contributed by atoms with E-state index in [4.69, 9.17) is 11.6 Å². The van der Waals surface area contributed by atoms with Crippen LogP contribution in [0.4, 0.5) is 5.69 Å². The van der Waals surface area contributed by atoms with Crippen molar-refractivity contribution in [1.82, 2.24) is 9.80 Å². The first kappa shape index (κ1) is 16.3. The summed E-state index contributed by atoms with van der Waals surface area (Å²) in [7, 11) is 0. The molecular weight excluding hydrogens is 286 g/mol. The number of nitrogens with zero attached hydrogens (tertiary/aromatic N) is 2. The van der Waals surface area contributed by atoms with Crippen LogP contribution in [0.25, 0.3) is 0 Å². The third kappa shape index (κ3) is 4.99. The Morgan fingerprint density at radius 2 is 1.76 bits per heavy atom. The van der Waals surface area contributed by atoms with Gasteiger partial charge in [0.05, 0.1) is 5.38 Å². The quantitative estimate of drug-likeness (QED) is 0.849. The first-order valence-corrected chi connectivity index (χ1v) is 7.98. The predicted molar refractivity (Wildman–Crippen MR) is 87.9 cm³/mol. The lowest BCUT2D eigenvalue weighted by Crippen LogP contribution is -2.46. The molecular formula is C16H24ClN3O. The number of alkyl halides is 1. The number of hydrogen-bond acceptors (Lipinski definition) is 3. The second-order valence-electron chi connectivity index (χ2n) is 5.51. The SMILES string of the molecule is CCN1CCN(CC(Cl)c2ccc(NC(C)=O)cc2)CC1. The Balaban J connectivity index is 1.85. The molecule has 0 aromatic heterocycles. The van der Waals surface area contributed by atoms with Crippen molar-refractivity contribution in [1.29, 1.82) is 0 Å². The maximum absolute atomic E-state index is 11.0. The van der Waals surface area contributed by atoms with Gasteiger partial charge in [0, 0.05) is 45.3 Å². The zero-order valence-electron chi connectivity index (χ0n) is 12.8. The van der Waals surface area contributed by atoms with Crippen molar-refractivity contribution in [3.8, 4) is 0 Å². The van der Waals surface area contributed by atoms with Crippen LogP contribution in [0.3, 0.4) is 0 Å². The van der Waals surface area contributed by atoms with Gasteiger partial charge in [-0.2, -0.15) is 0 Å². The van der Waals surface area contributed by atoms with Gasteiger partial charge in [-0.15, -0.1) is 11.6 Å². The molecule has 1 atom stereocenters. The molecule has 1 amide bonds. The van der Waals surface area contributed by atoms with Gasteiger partial charge in [-0.3, -0.25) is 9.69 Å². The van der Waals surface area contributed by atoms with E-state index in [0.717, 1.165) is 50.5 Å². The van der Waals surface area contributed by atoms with E-state index < -0.39 is 0 Å². The van der Waals surface area contributed by atoms with Crippen molar-refractivity contribution in [2.75, 3.05) is 44.6 Å². The average molecular weight is 310 g/mol. The number of benzene rings is 1. The standard InChI is InChI=1S/C16H24ClN3O/c1-3-19-8-10-20(11-9-19)12-16(17)14-4-6-15(7-5-14)18-13(2)21/h4-7,16H,3,8-12H2,1-2H3,(H,18,21). The van der Waals surface area contributed by atoms with E-state index in [2.05, 4.69) is 22.0 Å². The third-order valence-electron chi connectivity index (χ3n) is 3.92. The minimum absolute atomic E-state index is 0.00967. The molecule has 0 saturated carbocycles. The molecule has 21 heavy (non-hydrogen) atoms. The van der Waals surface area contributed by atoms with Crippen molar-refractivity contribution in [3.63, 3.8) is 0 Å². The Kier molecular flexibility index (Phi) is 6.03. The number of carbonyl (C=O) groups is 1. The monoisotopic (exact) mass is 309 g/mol. The topological polar surface area (TPSA) is 35.6 Å². The maximum Gasteiger partial charge on any atom is 0.221 e. The van der Waals surface area contributed by atoms with Gasteiger partial charge in [0.25, 0.3) is 0 Å². The van der Waals surface area contributed by atoms with Crippen molar-refractivity contribution in [3.05, 3.63) is 29.8 Å². The molecule has 0 aliphatic carbocycles. The average Bonchev–Trinajstić information content (AvgIpc) is 2.48. The second kappa shape index (κ2) is 7.78. The van der Waals surface area contributed by atoms with Crippen molar-refractivity contribution >= 4 is 23.2 Å². The van der Waals surface area contributed by atoms with E-state index in [-0.39, 0.29) is 11.3 Å². The number of carbonyl (C=O) groups excluding carboxylic acids is 1. The highest BCUT2D eigenvalue weighted by atomic mass is 35.5. The highest BCUT2D eigenvalue weighted by Gasteiger charge is 2.19. The molecule has 1 aromatic rings. The molecule has 0 radical (unpaired) electrons. The van der Waals surface area contributed by atoms with E-state index in [9.17, 15) is 4.79 Å². The zero-order valence-corrected chi connectivity index (χ0v) is 13.6. The molecule has 1 aliphatic rings. The minimum atomic E-state index is -0.0565. The van der Waals surface area contributed by atoms with Crippen LogP contribution in [0.5, 0.6) is 0 Å². The first-order chi connectivity index (χ1) is 10.1. The Morgan fingerprint density at radius 1 is 1.19 bits per heavy atom. The Morgan fingerprint density at radius 3 is 2.29 bits per heavy atom. The first-order valence-electron chi connectivity index (χ1n) is 7.55. The summed E-state index contributed by atoms with van der Waals surface area (Å²) in [4.78, 5) is 15.9. The van der Waals surface area contributed by atoms with Crippen LogP contribution in [0.15, 0.2) is 24.3 Å². The fraction of sp³-hybridized carbons (Fsp3) is 0.562. The molecule has 1 fully saturated rings. The third-order valence-corrected chi connectivity index (χ3v) is 4.31. The summed E-state index contributed by atoms with van der Waals surface area (Å²) < 4.78 is 0. The van der Waals surface area contributed by atoms with Crippen LogP contribution in [0.2, 0.25) is 0 Å². The lowest BCUT2D eigenvalue weighted by Gasteiger charge is -2.35. The normalized spacial score (nSPS) is 18.4. The summed E-state index contributed by atoms with van der Waals surface area (Å²) in [5, 5.41) is 2.76. The Bertz CT molecular complexity index is 455. The number of likely N-dealkylation sites (N-methyl/N-ethyl adjacent to an activating group) is 1. The molecule has 0 bridgehead atoms. The van der Waals surface area contributed by atoms with E-state index in [1.165, 1.54) is 6.92 Å². The summed E-state index contributed by atoms with van der Waals surface area (Å²) in [6.45, 7) is 10.1. The number of rotatable bonds is 5. The van der Waals surface area contributed by atoms with Gasteiger partial charge in [0.15, 0.2) is 0 Å². The molecule has 1 aromatic carbocycles. The van der Waals surface area contributed by atoms with Gasteiger partial charge in [-0.25, -0.2) is 0 Å². The minimum Gasteiger partial charge on any atom is -0.326 e. The number of piperazine rings is 1. The lowest BCUT2D eigenvalue weighted by molar-refractivity contribution is -0.114. The van der Waals surface area contributed by atoms with Crippen molar-refractivity contribution in [2.45, 2.75) is 19.2 Å². The van der Waals surface area contributed by atoms with Gasteiger partial charge in [0.1, 0.15) is 0 Å². The zero-order chi connectivity index (χ0) is 15.2. The predicted octanol–water partition coefficient (Wildman–Crippen LogP) is 2.56. The van der Waals surface area contributed by atoms with Crippen LogP contribution in [0.1, 0.15) is 24.8 Å². The molecule has 1 heterocycles. The van der Waals surface area contributed by atoms with Crippen LogP contribution >= 0.6 is 11.6 Å². The fourth-order valence-electron chi connectivity index (χ4n) is 2.60. The summed E-state index contributed by atoms with van der Waals surface area (Å²) in [5.41, 5.74) is 1.91. The van der Waals surface area contributed by atoms with E-state index in [0.29, 0.717) is 0 Å².